The molecule has 0 saturated heterocycles. The van der Waals surface area contributed by atoms with Crippen LogP contribution < -0.4 is 5.56 Å². The van der Waals surface area contributed by atoms with Crippen LogP contribution in [0.5, 0.6) is 0 Å². The minimum absolute atomic E-state index is 0.0416. The van der Waals surface area contributed by atoms with Crippen molar-refractivity contribution in [3.05, 3.63) is 99.8 Å². The third-order valence-electron chi connectivity index (χ3n) is 5.04. The van der Waals surface area contributed by atoms with Crippen molar-refractivity contribution >= 4 is 0 Å². The predicted molar refractivity (Wildman–Crippen MR) is 111 cm³/mol. The van der Waals surface area contributed by atoms with Gasteiger partial charge in [0.25, 0.3) is 5.56 Å². The SMILES string of the molecule is Cc1ccc(-c2[nH]n(-c3ccc(C)c(C)c3)c(=O)c2-c2ccccc2)cc1. The molecule has 1 heterocycles. The Morgan fingerprint density at radius 3 is 2.11 bits per heavy atom. The molecule has 0 aliphatic heterocycles. The van der Waals surface area contributed by atoms with E-state index in [0.717, 1.165) is 28.1 Å². The molecular formula is C24H22N2O. The van der Waals surface area contributed by atoms with Crippen molar-refractivity contribution in [1.82, 2.24) is 9.78 Å². The molecule has 3 aromatic carbocycles. The van der Waals surface area contributed by atoms with Crippen LogP contribution in [0.2, 0.25) is 0 Å². The number of aryl methyl sites for hydroxylation is 3. The van der Waals surface area contributed by atoms with Crippen LogP contribution in [0.15, 0.2) is 77.6 Å². The normalized spacial score (nSPS) is 10.9. The maximum atomic E-state index is 13.4. The van der Waals surface area contributed by atoms with E-state index in [4.69, 9.17) is 0 Å². The Kier molecular flexibility index (Phi) is 4.28. The molecule has 1 N–H and O–H groups in total. The highest BCUT2D eigenvalue weighted by atomic mass is 16.1. The monoisotopic (exact) mass is 354 g/mol. The van der Waals surface area contributed by atoms with Crippen molar-refractivity contribution in [3.8, 4) is 28.1 Å². The topological polar surface area (TPSA) is 37.8 Å². The van der Waals surface area contributed by atoms with E-state index in [1.807, 2.05) is 48.5 Å². The maximum absolute atomic E-state index is 13.4. The van der Waals surface area contributed by atoms with Crippen molar-refractivity contribution in [2.75, 3.05) is 0 Å². The van der Waals surface area contributed by atoms with E-state index in [-0.39, 0.29) is 5.56 Å². The first-order valence-corrected chi connectivity index (χ1v) is 9.10. The third kappa shape index (κ3) is 3.13. The molecule has 1 aromatic heterocycles. The summed E-state index contributed by atoms with van der Waals surface area (Å²) in [6, 6.07) is 24.1. The number of H-pyrrole nitrogens is 1. The number of aromatic nitrogens is 2. The Balaban J connectivity index is 1.98. The van der Waals surface area contributed by atoms with Gasteiger partial charge in [0.05, 0.1) is 16.9 Å². The quantitative estimate of drug-likeness (QED) is 0.524. The van der Waals surface area contributed by atoms with Gasteiger partial charge in [0.15, 0.2) is 0 Å². The van der Waals surface area contributed by atoms with Crippen molar-refractivity contribution in [2.24, 2.45) is 0 Å². The highest BCUT2D eigenvalue weighted by molar-refractivity contribution is 5.80. The van der Waals surface area contributed by atoms with Gasteiger partial charge in [-0.3, -0.25) is 9.89 Å². The van der Waals surface area contributed by atoms with Crippen molar-refractivity contribution in [3.63, 3.8) is 0 Å². The molecule has 134 valence electrons. The average Bonchev–Trinajstić information content (AvgIpc) is 3.02. The van der Waals surface area contributed by atoms with Crippen LogP contribution in [-0.4, -0.2) is 9.78 Å². The summed E-state index contributed by atoms with van der Waals surface area (Å²) in [7, 11) is 0. The number of nitrogens with zero attached hydrogens (tertiary/aromatic N) is 1. The Morgan fingerprint density at radius 2 is 1.44 bits per heavy atom. The fourth-order valence-electron chi connectivity index (χ4n) is 3.29. The minimum atomic E-state index is -0.0416. The summed E-state index contributed by atoms with van der Waals surface area (Å²) >= 11 is 0. The van der Waals surface area contributed by atoms with Gasteiger partial charge in [0, 0.05) is 5.56 Å². The molecule has 0 atom stereocenters. The van der Waals surface area contributed by atoms with Gasteiger partial charge in [0.1, 0.15) is 0 Å². The largest absolute Gasteiger partial charge is 0.290 e. The van der Waals surface area contributed by atoms with Crippen LogP contribution in [-0.2, 0) is 0 Å². The molecule has 0 saturated carbocycles. The molecule has 3 heteroatoms. The van der Waals surface area contributed by atoms with Crippen molar-refractivity contribution in [1.29, 1.82) is 0 Å². The zero-order valence-electron chi connectivity index (χ0n) is 15.8. The standard InChI is InChI=1S/C24H22N2O/c1-16-9-12-20(13-10-16)23-22(19-7-5-4-6-8-19)24(27)26(25-23)21-14-11-17(2)18(3)15-21/h4-15,25H,1-3H3. The second kappa shape index (κ2) is 6.76. The fourth-order valence-corrected chi connectivity index (χ4v) is 3.29. The smallest absolute Gasteiger partial charge is 0.279 e. The molecular weight excluding hydrogens is 332 g/mol. The number of rotatable bonds is 3. The summed E-state index contributed by atoms with van der Waals surface area (Å²) < 4.78 is 1.64. The van der Waals surface area contributed by atoms with E-state index in [1.165, 1.54) is 11.1 Å². The first-order valence-electron chi connectivity index (χ1n) is 9.10. The van der Waals surface area contributed by atoms with E-state index in [2.05, 4.69) is 50.1 Å². The second-order valence-corrected chi connectivity index (χ2v) is 7.00. The second-order valence-electron chi connectivity index (χ2n) is 7.00. The summed E-state index contributed by atoms with van der Waals surface area (Å²) in [5, 5.41) is 3.35. The van der Waals surface area contributed by atoms with Gasteiger partial charge in [-0.2, -0.15) is 0 Å². The lowest BCUT2D eigenvalue weighted by Crippen LogP contribution is -2.15. The van der Waals surface area contributed by atoms with Crippen molar-refractivity contribution in [2.45, 2.75) is 20.8 Å². The van der Waals surface area contributed by atoms with Crippen LogP contribution in [0, 0.1) is 20.8 Å². The lowest BCUT2D eigenvalue weighted by Gasteiger charge is -2.06. The van der Waals surface area contributed by atoms with Crippen LogP contribution in [0.4, 0.5) is 0 Å². The Hall–Kier alpha value is -3.33. The third-order valence-corrected chi connectivity index (χ3v) is 5.04. The molecule has 0 amide bonds. The summed E-state index contributed by atoms with van der Waals surface area (Å²) in [6.07, 6.45) is 0. The lowest BCUT2D eigenvalue weighted by molar-refractivity contribution is 0.851. The average molecular weight is 354 g/mol. The number of aromatic amines is 1. The van der Waals surface area contributed by atoms with Gasteiger partial charge < -0.3 is 0 Å². The predicted octanol–water partition coefficient (Wildman–Crippen LogP) is 5.42. The molecule has 4 rings (SSSR count). The lowest BCUT2D eigenvalue weighted by atomic mass is 10.0. The van der Waals surface area contributed by atoms with Gasteiger partial charge in [-0.15, -0.1) is 0 Å². The summed E-state index contributed by atoms with van der Waals surface area (Å²) in [6.45, 7) is 6.19. The molecule has 0 fully saturated rings. The van der Waals surface area contributed by atoms with Gasteiger partial charge in [0.2, 0.25) is 0 Å². The number of nitrogens with one attached hydrogen (secondary N) is 1. The van der Waals surface area contributed by atoms with Gasteiger partial charge >= 0.3 is 0 Å². The first kappa shape index (κ1) is 17.1. The molecule has 0 aliphatic rings. The van der Waals surface area contributed by atoms with E-state index in [9.17, 15) is 4.79 Å². The van der Waals surface area contributed by atoms with Crippen LogP contribution in [0.25, 0.3) is 28.1 Å². The number of benzene rings is 3. The zero-order valence-corrected chi connectivity index (χ0v) is 15.8. The number of hydrogen-bond acceptors (Lipinski definition) is 1. The Labute approximate surface area is 158 Å². The minimum Gasteiger partial charge on any atom is -0.290 e. The molecule has 0 bridgehead atoms. The Bertz CT molecular complexity index is 1150. The van der Waals surface area contributed by atoms with Gasteiger partial charge in [-0.25, -0.2) is 4.68 Å². The summed E-state index contributed by atoms with van der Waals surface area (Å²) in [5.74, 6) is 0. The van der Waals surface area contributed by atoms with Gasteiger partial charge in [-0.05, 0) is 49.6 Å². The highest BCUT2D eigenvalue weighted by Crippen LogP contribution is 2.29. The summed E-state index contributed by atoms with van der Waals surface area (Å²) in [5.41, 5.74) is 7.81. The Morgan fingerprint density at radius 1 is 0.741 bits per heavy atom. The molecule has 3 nitrogen and oxygen atoms in total. The van der Waals surface area contributed by atoms with Crippen LogP contribution >= 0.6 is 0 Å². The van der Waals surface area contributed by atoms with Crippen molar-refractivity contribution < 1.29 is 0 Å². The molecule has 0 unspecified atom stereocenters. The van der Waals surface area contributed by atoms with E-state index in [1.54, 1.807) is 4.68 Å². The highest BCUT2D eigenvalue weighted by Gasteiger charge is 2.18. The maximum Gasteiger partial charge on any atom is 0.279 e. The zero-order chi connectivity index (χ0) is 19.0. The van der Waals surface area contributed by atoms with E-state index in [0.29, 0.717) is 5.56 Å². The van der Waals surface area contributed by atoms with Crippen LogP contribution in [0.1, 0.15) is 16.7 Å². The van der Waals surface area contributed by atoms with Crippen LogP contribution in [0.3, 0.4) is 0 Å². The van der Waals surface area contributed by atoms with E-state index >= 15 is 0 Å². The molecule has 27 heavy (non-hydrogen) atoms. The van der Waals surface area contributed by atoms with Gasteiger partial charge in [-0.1, -0.05) is 66.2 Å². The summed E-state index contributed by atoms with van der Waals surface area (Å²) in [4.78, 5) is 13.4. The molecule has 0 aliphatic carbocycles. The molecule has 0 radical (unpaired) electrons. The number of hydrogen-bond donors (Lipinski definition) is 1. The van der Waals surface area contributed by atoms with E-state index < -0.39 is 0 Å². The fraction of sp³-hybridized carbons (Fsp3) is 0.125. The molecule has 0 spiro atoms. The first-order chi connectivity index (χ1) is 13.0. The molecule has 4 aromatic rings.